The lowest BCUT2D eigenvalue weighted by atomic mass is 10.2. The molecule has 2 heterocycles. The minimum Gasteiger partial charge on any atom is -0.491 e. The monoisotopic (exact) mass is 398 g/mol. The van der Waals surface area contributed by atoms with E-state index in [0.717, 1.165) is 0 Å². The normalized spacial score (nSPS) is 14.5. The van der Waals surface area contributed by atoms with E-state index in [9.17, 15) is 14.4 Å². The van der Waals surface area contributed by atoms with Crippen molar-refractivity contribution in [1.29, 1.82) is 0 Å². The van der Waals surface area contributed by atoms with Crippen molar-refractivity contribution < 1.29 is 33.3 Å². The Labute approximate surface area is 166 Å². The molecule has 9 heteroatoms. The molecule has 0 saturated carbocycles. The van der Waals surface area contributed by atoms with Gasteiger partial charge in [-0.15, -0.1) is 0 Å². The fourth-order valence-corrected chi connectivity index (χ4v) is 2.99. The van der Waals surface area contributed by atoms with Gasteiger partial charge in [-0.05, 0) is 24.3 Å². The van der Waals surface area contributed by atoms with Crippen LogP contribution >= 0.6 is 0 Å². The van der Waals surface area contributed by atoms with E-state index in [1.807, 2.05) is 0 Å². The molecule has 0 aliphatic carbocycles. The third kappa shape index (κ3) is 4.23. The van der Waals surface area contributed by atoms with Crippen LogP contribution in [0.3, 0.4) is 0 Å². The maximum absolute atomic E-state index is 12.3. The summed E-state index contributed by atoms with van der Waals surface area (Å²) in [5, 5.41) is 2.61. The Bertz CT molecular complexity index is 960. The molecule has 9 nitrogen and oxygen atoms in total. The Hall–Kier alpha value is -3.75. The van der Waals surface area contributed by atoms with Crippen LogP contribution in [-0.4, -0.2) is 44.3 Å². The van der Waals surface area contributed by atoms with Crippen LogP contribution in [0.5, 0.6) is 17.2 Å². The molecule has 2 aliphatic rings. The predicted molar refractivity (Wildman–Crippen MR) is 101 cm³/mol. The van der Waals surface area contributed by atoms with Crippen molar-refractivity contribution in [2.24, 2.45) is 0 Å². The number of ether oxygens (including phenoxy) is 4. The first-order valence-corrected chi connectivity index (χ1v) is 8.97. The highest BCUT2D eigenvalue weighted by molar-refractivity contribution is 6.00. The predicted octanol–water partition coefficient (Wildman–Crippen LogP) is 1.71. The Morgan fingerprint density at radius 1 is 1.03 bits per heavy atom. The summed E-state index contributed by atoms with van der Waals surface area (Å²) in [6.07, 6.45) is 0.145. The topological polar surface area (TPSA) is 103 Å². The average Bonchev–Trinajstić information content (AvgIpc) is 3.12. The summed E-state index contributed by atoms with van der Waals surface area (Å²) >= 11 is 0. The van der Waals surface area contributed by atoms with Gasteiger partial charge in [-0.1, -0.05) is 12.1 Å². The molecule has 150 valence electrons. The summed E-state index contributed by atoms with van der Waals surface area (Å²) in [6, 6.07) is 11.9. The Morgan fingerprint density at radius 3 is 2.76 bits per heavy atom. The maximum Gasteiger partial charge on any atom is 0.326 e. The molecule has 0 fully saturated rings. The van der Waals surface area contributed by atoms with E-state index in [-0.39, 0.29) is 32.3 Å². The highest BCUT2D eigenvalue weighted by Gasteiger charge is 2.26. The van der Waals surface area contributed by atoms with Crippen LogP contribution in [0.25, 0.3) is 0 Å². The van der Waals surface area contributed by atoms with E-state index < -0.39 is 18.5 Å². The first kappa shape index (κ1) is 18.6. The van der Waals surface area contributed by atoms with Crippen molar-refractivity contribution in [3.63, 3.8) is 0 Å². The largest absolute Gasteiger partial charge is 0.491 e. The summed E-state index contributed by atoms with van der Waals surface area (Å²) in [4.78, 5) is 37.9. The van der Waals surface area contributed by atoms with Gasteiger partial charge in [0.1, 0.15) is 12.3 Å². The van der Waals surface area contributed by atoms with E-state index in [1.54, 1.807) is 42.5 Å². The van der Waals surface area contributed by atoms with Crippen molar-refractivity contribution in [3.05, 3.63) is 42.5 Å². The molecule has 2 aromatic rings. The molecule has 0 spiro atoms. The quantitative estimate of drug-likeness (QED) is 0.765. The molecule has 2 aliphatic heterocycles. The van der Waals surface area contributed by atoms with Crippen LogP contribution in [0.1, 0.15) is 6.42 Å². The number of nitrogens with one attached hydrogen (secondary N) is 1. The molecule has 0 radical (unpaired) electrons. The van der Waals surface area contributed by atoms with Crippen LogP contribution in [0.15, 0.2) is 42.5 Å². The van der Waals surface area contributed by atoms with Gasteiger partial charge in [-0.2, -0.15) is 0 Å². The van der Waals surface area contributed by atoms with E-state index >= 15 is 0 Å². The summed E-state index contributed by atoms with van der Waals surface area (Å²) in [5.41, 5.74) is 0.987. The molecule has 4 rings (SSSR count). The van der Waals surface area contributed by atoms with Crippen molar-refractivity contribution >= 4 is 29.2 Å². The van der Waals surface area contributed by atoms with E-state index in [0.29, 0.717) is 28.6 Å². The average molecular weight is 398 g/mol. The first-order valence-electron chi connectivity index (χ1n) is 8.97. The number of esters is 1. The zero-order valence-corrected chi connectivity index (χ0v) is 15.4. The number of benzene rings is 2. The maximum atomic E-state index is 12.3. The summed E-state index contributed by atoms with van der Waals surface area (Å²) in [5.74, 6) is 0.184. The number of nitrogens with zero attached hydrogens (tertiary/aromatic N) is 1. The van der Waals surface area contributed by atoms with Gasteiger partial charge >= 0.3 is 5.97 Å². The second-order valence-electron chi connectivity index (χ2n) is 6.32. The number of carbonyl (C=O) groups excluding carboxylic acids is 3. The number of para-hydroxylation sites is 2. The van der Waals surface area contributed by atoms with E-state index in [2.05, 4.69) is 5.32 Å². The highest BCUT2D eigenvalue weighted by atomic mass is 16.7. The zero-order chi connectivity index (χ0) is 20.2. The fourth-order valence-electron chi connectivity index (χ4n) is 2.99. The molecule has 29 heavy (non-hydrogen) atoms. The minimum atomic E-state index is -0.698. The molecule has 0 saturated heterocycles. The first-order chi connectivity index (χ1) is 14.1. The molecular weight excluding hydrogens is 380 g/mol. The third-order valence-electron chi connectivity index (χ3n) is 4.34. The fraction of sp³-hybridized carbons (Fsp3) is 0.250. The summed E-state index contributed by atoms with van der Waals surface area (Å²) in [7, 11) is 0. The Morgan fingerprint density at radius 2 is 1.86 bits per heavy atom. The second kappa shape index (κ2) is 8.09. The molecule has 0 unspecified atom stereocenters. The Balaban J connectivity index is 1.33. The Kier molecular flexibility index (Phi) is 5.19. The van der Waals surface area contributed by atoms with Crippen molar-refractivity contribution in [2.45, 2.75) is 6.42 Å². The van der Waals surface area contributed by atoms with Gasteiger partial charge in [0.25, 0.3) is 5.91 Å². The van der Waals surface area contributed by atoms with Gasteiger partial charge in [-0.25, -0.2) is 0 Å². The lowest BCUT2D eigenvalue weighted by molar-refractivity contribution is -0.146. The smallest absolute Gasteiger partial charge is 0.326 e. The van der Waals surface area contributed by atoms with Gasteiger partial charge in [0.05, 0.1) is 18.7 Å². The number of amides is 2. The SMILES string of the molecule is O=C(COC(=O)CN1C(=O)CCOc2ccccc21)Nc1ccc2c(c1)OCO2. The molecule has 2 amide bonds. The number of rotatable bonds is 5. The number of fused-ring (bicyclic) bond motifs is 2. The zero-order valence-electron chi connectivity index (χ0n) is 15.4. The van der Waals surface area contributed by atoms with E-state index in [1.165, 1.54) is 4.90 Å². The minimum absolute atomic E-state index is 0.133. The van der Waals surface area contributed by atoms with Gasteiger partial charge < -0.3 is 24.3 Å². The van der Waals surface area contributed by atoms with E-state index in [4.69, 9.17) is 18.9 Å². The molecule has 1 N–H and O–H groups in total. The number of hydrogen-bond donors (Lipinski definition) is 1. The lowest BCUT2D eigenvalue weighted by Gasteiger charge is -2.20. The molecule has 0 bridgehead atoms. The van der Waals surface area contributed by atoms with Crippen molar-refractivity contribution in [2.75, 3.05) is 36.8 Å². The van der Waals surface area contributed by atoms with Crippen molar-refractivity contribution in [3.8, 4) is 17.2 Å². The van der Waals surface area contributed by atoms with Crippen LogP contribution in [0.4, 0.5) is 11.4 Å². The van der Waals surface area contributed by atoms with Gasteiger partial charge in [-0.3, -0.25) is 19.3 Å². The molecule has 0 aromatic heterocycles. The summed E-state index contributed by atoms with van der Waals surface area (Å²) < 4.78 is 21.0. The molecule has 2 aromatic carbocycles. The van der Waals surface area contributed by atoms with Crippen LogP contribution in [0, 0.1) is 0 Å². The van der Waals surface area contributed by atoms with Gasteiger partial charge in [0.15, 0.2) is 18.1 Å². The third-order valence-corrected chi connectivity index (χ3v) is 4.34. The van der Waals surface area contributed by atoms with Crippen molar-refractivity contribution in [1.82, 2.24) is 0 Å². The lowest BCUT2D eigenvalue weighted by Crippen LogP contribution is -2.36. The highest BCUT2D eigenvalue weighted by Crippen LogP contribution is 2.34. The van der Waals surface area contributed by atoms with Crippen LogP contribution < -0.4 is 24.4 Å². The standard InChI is InChI=1S/C20H18N2O7/c23-18(21-13-5-6-16-17(9-13)29-12-28-16)11-27-20(25)10-22-14-3-1-2-4-15(14)26-8-7-19(22)24/h1-6,9H,7-8,10-12H2,(H,21,23). The summed E-state index contributed by atoms with van der Waals surface area (Å²) in [6.45, 7) is -0.420. The van der Waals surface area contributed by atoms with Gasteiger partial charge in [0.2, 0.25) is 12.7 Å². The van der Waals surface area contributed by atoms with Crippen LogP contribution in [-0.2, 0) is 19.1 Å². The van der Waals surface area contributed by atoms with Crippen LogP contribution in [0.2, 0.25) is 0 Å². The van der Waals surface area contributed by atoms with Gasteiger partial charge in [0, 0.05) is 11.8 Å². The number of carbonyl (C=O) groups is 3. The second-order valence-corrected chi connectivity index (χ2v) is 6.32. The molecular formula is C20H18N2O7. The number of anilines is 2. The number of hydrogen-bond acceptors (Lipinski definition) is 7. The molecule has 0 atom stereocenters.